The minimum Gasteiger partial charge on any atom is -0.398 e. The minimum atomic E-state index is 0.609. The predicted molar refractivity (Wildman–Crippen MR) is 59.3 cm³/mol. The van der Waals surface area contributed by atoms with Gasteiger partial charge in [0.2, 0.25) is 0 Å². The third-order valence-corrected chi connectivity index (χ3v) is 1.85. The van der Waals surface area contributed by atoms with E-state index < -0.39 is 0 Å². The Morgan fingerprint density at radius 1 is 1.42 bits per heavy atom. The summed E-state index contributed by atoms with van der Waals surface area (Å²) >= 11 is 2.12. The van der Waals surface area contributed by atoms with Crippen molar-refractivity contribution in [2.45, 2.75) is 0 Å². The molecule has 2 N–H and O–H groups in total. The van der Waals surface area contributed by atoms with Gasteiger partial charge in [0, 0.05) is 11.3 Å². The van der Waals surface area contributed by atoms with Crippen LogP contribution in [0.25, 0.3) is 6.08 Å². The van der Waals surface area contributed by atoms with Crippen LogP contribution < -0.4 is 5.73 Å². The molecule has 0 saturated carbocycles. The highest BCUT2D eigenvalue weighted by Crippen LogP contribution is 2.15. The van der Waals surface area contributed by atoms with Crippen molar-refractivity contribution in [3.63, 3.8) is 0 Å². The summed E-state index contributed by atoms with van der Waals surface area (Å²) in [5.74, 6) is 0. The largest absolute Gasteiger partial charge is 0.398 e. The molecule has 1 rings (SSSR count). The zero-order chi connectivity index (χ0) is 8.97. The fourth-order valence-electron chi connectivity index (χ4n) is 0.886. The van der Waals surface area contributed by atoms with Gasteiger partial charge in [-0.2, -0.15) is 0 Å². The van der Waals surface area contributed by atoms with Crippen molar-refractivity contribution >= 4 is 40.6 Å². The minimum absolute atomic E-state index is 0.609. The second-order valence-electron chi connectivity index (χ2n) is 2.30. The van der Waals surface area contributed by atoms with E-state index in [9.17, 15) is 4.79 Å². The maximum atomic E-state index is 10.4. The predicted octanol–water partition coefficient (Wildman–Crippen LogP) is 2.49. The van der Waals surface area contributed by atoms with E-state index in [0.717, 1.165) is 11.8 Å². The molecule has 0 atom stereocenters. The second kappa shape index (κ2) is 4.25. The van der Waals surface area contributed by atoms with E-state index >= 15 is 0 Å². The number of anilines is 1. The normalized spacial score (nSPS) is 10.4. The number of hydrogen-bond donors (Lipinski definition) is 1. The highest BCUT2D eigenvalue weighted by molar-refractivity contribution is 14.1. The molecule has 0 aliphatic heterocycles. The molecule has 12 heavy (non-hydrogen) atoms. The highest BCUT2D eigenvalue weighted by atomic mass is 127. The Hall–Kier alpha value is -0.840. The SMILES string of the molecule is Nc1cc(C=O)ccc1/C=C\I. The molecule has 3 heteroatoms. The van der Waals surface area contributed by atoms with Crippen LogP contribution in [-0.4, -0.2) is 6.29 Å². The van der Waals surface area contributed by atoms with Gasteiger partial charge in [0.15, 0.2) is 0 Å². The maximum absolute atomic E-state index is 10.4. The molecule has 0 fully saturated rings. The van der Waals surface area contributed by atoms with Crippen LogP contribution >= 0.6 is 22.6 Å². The number of benzene rings is 1. The molecule has 0 aliphatic carbocycles. The molecular weight excluding hydrogens is 265 g/mol. The second-order valence-corrected chi connectivity index (χ2v) is 3.02. The van der Waals surface area contributed by atoms with Crippen LogP contribution in [0.1, 0.15) is 15.9 Å². The zero-order valence-corrected chi connectivity index (χ0v) is 8.49. The van der Waals surface area contributed by atoms with Crippen molar-refractivity contribution < 1.29 is 4.79 Å². The number of rotatable bonds is 2. The fraction of sp³-hybridized carbons (Fsp3) is 0. The molecule has 0 spiro atoms. The summed E-state index contributed by atoms with van der Waals surface area (Å²) < 4.78 is 1.88. The van der Waals surface area contributed by atoms with Gasteiger partial charge in [0.1, 0.15) is 6.29 Å². The molecule has 1 aromatic rings. The van der Waals surface area contributed by atoms with E-state index in [4.69, 9.17) is 5.73 Å². The van der Waals surface area contributed by atoms with Gasteiger partial charge in [-0.1, -0.05) is 34.7 Å². The molecule has 0 aliphatic rings. The average Bonchev–Trinajstić information content (AvgIpc) is 2.09. The van der Waals surface area contributed by atoms with E-state index in [1.807, 2.05) is 16.2 Å². The van der Waals surface area contributed by atoms with Crippen molar-refractivity contribution in [1.82, 2.24) is 0 Å². The Labute approximate surface area is 84.6 Å². The molecule has 0 bridgehead atoms. The van der Waals surface area contributed by atoms with Crippen LogP contribution in [0.4, 0.5) is 5.69 Å². The van der Waals surface area contributed by atoms with Crippen molar-refractivity contribution in [2.24, 2.45) is 0 Å². The topological polar surface area (TPSA) is 43.1 Å². The lowest BCUT2D eigenvalue weighted by Gasteiger charge is -1.99. The highest BCUT2D eigenvalue weighted by Gasteiger charge is 1.95. The van der Waals surface area contributed by atoms with E-state index in [2.05, 4.69) is 22.6 Å². The summed E-state index contributed by atoms with van der Waals surface area (Å²) in [6, 6.07) is 5.24. The number of nitrogens with two attached hydrogens (primary N) is 1. The van der Waals surface area contributed by atoms with Crippen molar-refractivity contribution in [1.29, 1.82) is 0 Å². The van der Waals surface area contributed by atoms with Gasteiger partial charge < -0.3 is 5.73 Å². The Kier molecular flexibility index (Phi) is 3.28. The van der Waals surface area contributed by atoms with Crippen LogP contribution in [0.5, 0.6) is 0 Å². The summed E-state index contributed by atoms with van der Waals surface area (Å²) in [5.41, 5.74) is 7.85. The molecule has 0 aromatic heterocycles. The van der Waals surface area contributed by atoms with Crippen LogP contribution in [0, 0.1) is 0 Å². The quantitative estimate of drug-likeness (QED) is 0.511. The van der Waals surface area contributed by atoms with Gasteiger partial charge in [0.25, 0.3) is 0 Å². The van der Waals surface area contributed by atoms with Gasteiger partial charge in [-0.3, -0.25) is 4.79 Å². The number of nitrogen functional groups attached to an aromatic ring is 1. The first-order chi connectivity index (χ1) is 5.77. The smallest absolute Gasteiger partial charge is 0.150 e. The summed E-state index contributed by atoms with van der Waals surface area (Å²) in [5, 5.41) is 0. The molecule has 0 radical (unpaired) electrons. The van der Waals surface area contributed by atoms with E-state index in [-0.39, 0.29) is 0 Å². The molecule has 0 heterocycles. The number of carbonyl (C=O) groups excluding carboxylic acids is 1. The number of hydrogen-bond acceptors (Lipinski definition) is 2. The summed E-state index contributed by atoms with van der Waals surface area (Å²) in [4.78, 5) is 10.4. The van der Waals surface area contributed by atoms with Crippen molar-refractivity contribution in [2.75, 3.05) is 5.73 Å². The first kappa shape index (κ1) is 9.25. The fourth-order valence-corrected chi connectivity index (χ4v) is 1.27. The Bertz CT molecular complexity index is 320. The molecule has 1 aromatic carbocycles. The lowest BCUT2D eigenvalue weighted by molar-refractivity contribution is 0.112. The van der Waals surface area contributed by atoms with Gasteiger partial charge >= 0.3 is 0 Å². The maximum Gasteiger partial charge on any atom is 0.150 e. The Morgan fingerprint density at radius 3 is 2.67 bits per heavy atom. The van der Waals surface area contributed by atoms with Crippen LogP contribution in [0.2, 0.25) is 0 Å². The molecule has 0 amide bonds. The van der Waals surface area contributed by atoms with Crippen LogP contribution in [0.15, 0.2) is 22.3 Å². The first-order valence-corrected chi connectivity index (χ1v) is 4.64. The molecule has 0 saturated heterocycles. The number of carbonyl (C=O) groups is 1. The van der Waals surface area contributed by atoms with Gasteiger partial charge in [-0.05, 0) is 21.8 Å². The third kappa shape index (κ3) is 2.07. The molecular formula is C9H8INO. The number of halogens is 1. The lowest BCUT2D eigenvalue weighted by Crippen LogP contribution is -1.91. The average molecular weight is 273 g/mol. The van der Waals surface area contributed by atoms with Gasteiger partial charge in [0.05, 0.1) is 0 Å². The van der Waals surface area contributed by atoms with Gasteiger partial charge in [-0.25, -0.2) is 0 Å². The molecule has 0 unspecified atom stereocenters. The number of aldehydes is 1. The monoisotopic (exact) mass is 273 g/mol. The van der Waals surface area contributed by atoms with E-state index in [0.29, 0.717) is 11.3 Å². The lowest BCUT2D eigenvalue weighted by atomic mass is 10.1. The first-order valence-electron chi connectivity index (χ1n) is 3.39. The Balaban J connectivity index is 3.11. The van der Waals surface area contributed by atoms with Crippen molar-refractivity contribution in [3.8, 4) is 0 Å². The van der Waals surface area contributed by atoms with E-state index in [1.165, 1.54) is 0 Å². The van der Waals surface area contributed by atoms with Gasteiger partial charge in [-0.15, -0.1) is 0 Å². The molecule has 62 valence electrons. The molecule has 2 nitrogen and oxygen atoms in total. The summed E-state index contributed by atoms with van der Waals surface area (Å²) in [6.07, 6.45) is 2.68. The van der Waals surface area contributed by atoms with E-state index in [1.54, 1.807) is 12.1 Å². The standard InChI is InChI=1S/C9H8INO/c10-4-3-8-2-1-7(6-12)5-9(8)11/h1-6H,11H2/b4-3-. The Morgan fingerprint density at radius 2 is 2.17 bits per heavy atom. The zero-order valence-electron chi connectivity index (χ0n) is 6.33. The summed E-state index contributed by atoms with van der Waals surface area (Å²) in [6.45, 7) is 0. The van der Waals surface area contributed by atoms with Crippen LogP contribution in [0.3, 0.4) is 0 Å². The van der Waals surface area contributed by atoms with Crippen LogP contribution in [-0.2, 0) is 0 Å². The summed E-state index contributed by atoms with van der Waals surface area (Å²) in [7, 11) is 0. The third-order valence-electron chi connectivity index (χ3n) is 1.49. The van der Waals surface area contributed by atoms with Crippen molar-refractivity contribution in [3.05, 3.63) is 33.4 Å².